The Morgan fingerprint density at radius 1 is 1.00 bits per heavy atom. The smallest absolute Gasteiger partial charge is 0.137 e. The number of ether oxygens (including phenoxy) is 2. The molecule has 2 aromatic carbocycles. The highest BCUT2D eigenvalue weighted by molar-refractivity contribution is 5.44. The highest BCUT2D eigenvalue weighted by atomic mass is 16.5. The van der Waals surface area contributed by atoms with Gasteiger partial charge < -0.3 is 19.1 Å². The molecule has 0 saturated carbocycles. The number of rotatable bonds is 8. The second-order valence-corrected chi connectivity index (χ2v) is 9.75. The van der Waals surface area contributed by atoms with Gasteiger partial charge in [0.15, 0.2) is 0 Å². The Balaban J connectivity index is 1.68. The highest BCUT2D eigenvalue weighted by Gasteiger charge is 2.33. The maximum atomic E-state index is 10.9. The van der Waals surface area contributed by atoms with Crippen LogP contribution >= 0.6 is 0 Å². The predicted molar refractivity (Wildman–Crippen MR) is 122 cm³/mol. The lowest BCUT2D eigenvalue weighted by Gasteiger charge is -2.43. The number of likely N-dealkylation sites (tertiary alicyclic amines) is 1. The summed E-state index contributed by atoms with van der Waals surface area (Å²) in [6, 6.07) is 16.6. The highest BCUT2D eigenvalue weighted by Crippen LogP contribution is 2.34. The fraction of sp³-hybridized carbons (Fsp3) is 0.538. The van der Waals surface area contributed by atoms with E-state index < -0.39 is 6.10 Å². The zero-order valence-electron chi connectivity index (χ0n) is 19.1. The van der Waals surface area contributed by atoms with Crippen molar-refractivity contribution in [3.05, 3.63) is 59.7 Å². The molecular formula is C26H38NO3+. The van der Waals surface area contributed by atoms with Crippen LogP contribution in [0.3, 0.4) is 0 Å². The van der Waals surface area contributed by atoms with Gasteiger partial charge in [0.2, 0.25) is 0 Å². The molecule has 0 unspecified atom stereocenters. The third kappa shape index (κ3) is 5.99. The van der Waals surface area contributed by atoms with Gasteiger partial charge in [0, 0.05) is 11.1 Å². The van der Waals surface area contributed by atoms with Crippen molar-refractivity contribution in [2.45, 2.75) is 58.1 Å². The summed E-state index contributed by atoms with van der Waals surface area (Å²) in [4.78, 5) is 0. The van der Waals surface area contributed by atoms with E-state index in [4.69, 9.17) is 9.47 Å². The zero-order valence-corrected chi connectivity index (χ0v) is 19.1. The summed E-state index contributed by atoms with van der Waals surface area (Å²) in [7, 11) is 1.68. The number of nitrogens with zero attached hydrogens (tertiary/aromatic N) is 1. The van der Waals surface area contributed by atoms with Crippen LogP contribution < -0.4 is 9.47 Å². The third-order valence-corrected chi connectivity index (χ3v) is 6.15. The first kappa shape index (κ1) is 22.6. The quantitative estimate of drug-likeness (QED) is 0.625. The van der Waals surface area contributed by atoms with Gasteiger partial charge in [-0.15, -0.1) is 0 Å². The molecule has 0 radical (unpaired) electrons. The molecule has 0 bridgehead atoms. The van der Waals surface area contributed by atoms with Crippen LogP contribution in [0.5, 0.6) is 11.5 Å². The summed E-state index contributed by atoms with van der Waals surface area (Å²) in [6.45, 7) is 10.8. The van der Waals surface area contributed by atoms with Gasteiger partial charge in [-0.25, -0.2) is 0 Å². The van der Waals surface area contributed by atoms with Gasteiger partial charge >= 0.3 is 0 Å². The third-order valence-electron chi connectivity index (χ3n) is 6.15. The molecule has 2 aromatic rings. The normalized spacial score (nSPS) is 17.4. The fourth-order valence-corrected chi connectivity index (χ4v) is 4.59. The molecule has 1 atom stereocenters. The Bertz CT molecular complexity index is 792. The van der Waals surface area contributed by atoms with Crippen molar-refractivity contribution < 1.29 is 19.1 Å². The van der Waals surface area contributed by atoms with E-state index in [9.17, 15) is 5.11 Å². The summed E-state index contributed by atoms with van der Waals surface area (Å²) < 4.78 is 12.5. The van der Waals surface area contributed by atoms with Gasteiger partial charge in [-0.1, -0.05) is 51.1 Å². The monoisotopic (exact) mass is 412 g/mol. The molecule has 164 valence electrons. The number of benzene rings is 2. The maximum absolute atomic E-state index is 10.9. The van der Waals surface area contributed by atoms with Gasteiger partial charge in [0.05, 0.1) is 20.2 Å². The number of hydrogen-bond acceptors (Lipinski definition) is 3. The van der Waals surface area contributed by atoms with Crippen molar-refractivity contribution >= 4 is 0 Å². The molecule has 4 nitrogen and oxygen atoms in total. The molecule has 1 fully saturated rings. The molecule has 0 amide bonds. The lowest BCUT2D eigenvalue weighted by molar-refractivity contribution is -0.947. The van der Waals surface area contributed by atoms with E-state index in [1.807, 2.05) is 18.2 Å². The number of aliphatic hydroxyl groups is 1. The van der Waals surface area contributed by atoms with E-state index in [0.717, 1.165) is 47.7 Å². The minimum absolute atomic E-state index is 0.0667. The summed E-state index contributed by atoms with van der Waals surface area (Å²) >= 11 is 0. The SMILES string of the molecule is COc1ccc(OC[C@H](O)C[N+]2(Cc3ccccc3)CCCCC2)c(C(C)(C)C)c1. The van der Waals surface area contributed by atoms with Crippen LogP contribution in [-0.4, -0.2) is 49.0 Å². The van der Waals surface area contributed by atoms with Crippen LogP contribution in [-0.2, 0) is 12.0 Å². The molecule has 0 aromatic heterocycles. The van der Waals surface area contributed by atoms with E-state index in [2.05, 4.69) is 51.1 Å². The van der Waals surface area contributed by atoms with E-state index in [1.165, 1.54) is 24.8 Å². The van der Waals surface area contributed by atoms with Gasteiger partial charge in [-0.2, -0.15) is 0 Å². The minimum atomic E-state index is -0.498. The molecule has 1 aliphatic rings. The van der Waals surface area contributed by atoms with Gasteiger partial charge in [-0.3, -0.25) is 0 Å². The molecular weight excluding hydrogens is 374 g/mol. The molecule has 1 aliphatic heterocycles. The van der Waals surface area contributed by atoms with Crippen molar-refractivity contribution in [3.63, 3.8) is 0 Å². The van der Waals surface area contributed by atoms with E-state index in [0.29, 0.717) is 6.61 Å². The summed E-state index contributed by atoms with van der Waals surface area (Å²) in [5.74, 6) is 1.66. The second kappa shape index (κ2) is 9.84. The van der Waals surface area contributed by atoms with E-state index in [1.54, 1.807) is 7.11 Å². The molecule has 1 saturated heterocycles. The summed E-state index contributed by atoms with van der Waals surface area (Å²) in [5.41, 5.74) is 2.38. The standard InChI is InChI=1S/C26H38NO3/c1-26(2,3)24-17-23(29-4)13-14-25(24)30-20-22(28)19-27(15-9-6-10-16-27)18-21-11-7-5-8-12-21/h5,7-8,11-14,17,22,28H,6,9-10,15-16,18-20H2,1-4H3/q+1/t22-/m1/s1. The number of methoxy groups -OCH3 is 1. The van der Waals surface area contributed by atoms with Crippen LogP contribution in [0.4, 0.5) is 0 Å². The van der Waals surface area contributed by atoms with Gasteiger partial charge in [0.25, 0.3) is 0 Å². The Morgan fingerprint density at radius 2 is 1.70 bits per heavy atom. The van der Waals surface area contributed by atoms with Gasteiger partial charge in [-0.05, 0) is 42.9 Å². The van der Waals surface area contributed by atoms with Crippen molar-refractivity contribution in [3.8, 4) is 11.5 Å². The average molecular weight is 413 g/mol. The van der Waals surface area contributed by atoms with Crippen LogP contribution in [0.1, 0.15) is 51.2 Å². The van der Waals surface area contributed by atoms with Crippen molar-refractivity contribution in [1.82, 2.24) is 0 Å². The average Bonchev–Trinajstić information content (AvgIpc) is 2.72. The number of hydrogen-bond donors (Lipinski definition) is 1. The molecule has 1 N–H and O–H groups in total. The van der Waals surface area contributed by atoms with Crippen LogP contribution in [0.2, 0.25) is 0 Å². The van der Waals surface area contributed by atoms with Crippen molar-refractivity contribution in [1.29, 1.82) is 0 Å². The minimum Gasteiger partial charge on any atom is -0.497 e. The van der Waals surface area contributed by atoms with Crippen LogP contribution in [0.15, 0.2) is 48.5 Å². The first-order valence-corrected chi connectivity index (χ1v) is 11.2. The first-order chi connectivity index (χ1) is 14.3. The van der Waals surface area contributed by atoms with Crippen molar-refractivity contribution in [2.75, 3.05) is 33.4 Å². The topological polar surface area (TPSA) is 38.7 Å². The summed E-state index contributed by atoms with van der Waals surface area (Å²) in [6.07, 6.45) is 3.25. The summed E-state index contributed by atoms with van der Waals surface area (Å²) in [5, 5.41) is 10.9. The molecule has 4 heteroatoms. The number of quaternary nitrogens is 1. The van der Waals surface area contributed by atoms with E-state index >= 15 is 0 Å². The Kier molecular flexibility index (Phi) is 7.43. The Labute approximate surface area is 182 Å². The van der Waals surface area contributed by atoms with Crippen LogP contribution in [0.25, 0.3) is 0 Å². The second-order valence-electron chi connectivity index (χ2n) is 9.75. The van der Waals surface area contributed by atoms with Gasteiger partial charge in [0.1, 0.15) is 37.3 Å². The molecule has 3 rings (SSSR count). The Morgan fingerprint density at radius 3 is 2.33 bits per heavy atom. The lowest BCUT2D eigenvalue weighted by atomic mass is 9.86. The zero-order chi connectivity index (χ0) is 21.6. The van der Waals surface area contributed by atoms with Crippen LogP contribution in [0, 0.1) is 0 Å². The maximum Gasteiger partial charge on any atom is 0.137 e. The molecule has 1 heterocycles. The molecule has 30 heavy (non-hydrogen) atoms. The molecule has 0 spiro atoms. The largest absolute Gasteiger partial charge is 0.497 e. The lowest BCUT2D eigenvalue weighted by Crippen LogP contribution is -2.55. The van der Waals surface area contributed by atoms with Crippen molar-refractivity contribution in [2.24, 2.45) is 0 Å². The predicted octanol–water partition coefficient (Wildman–Crippen LogP) is 4.93. The van der Waals surface area contributed by atoms with E-state index in [-0.39, 0.29) is 5.41 Å². The molecule has 0 aliphatic carbocycles. The number of piperidine rings is 1. The Hall–Kier alpha value is -2.04. The first-order valence-electron chi connectivity index (χ1n) is 11.2. The number of aliphatic hydroxyl groups excluding tert-OH is 1. The fourth-order valence-electron chi connectivity index (χ4n) is 4.59.